The van der Waals surface area contributed by atoms with E-state index < -0.39 is 0 Å². The van der Waals surface area contributed by atoms with Gasteiger partial charge in [-0.1, -0.05) is 0 Å². The number of amides is 1. The molecule has 0 spiro atoms. The molecule has 0 aromatic carbocycles. The van der Waals surface area contributed by atoms with E-state index in [0.29, 0.717) is 5.69 Å². The summed E-state index contributed by atoms with van der Waals surface area (Å²) in [5.41, 5.74) is 0.474. The van der Waals surface area contributed by atoms with Gasteiger partial charge in [0.15, 0.2) is 0 Å². The van der Waals surface area contributed by atoms with E-state index in [9.17, 15) is 4.79 Å². The molecule has 0 saturated heterocycles. The highest BCUT2D eigenvalue weighted by atomic mass is 35.5. The Labute approximate surface area is 68.9 Å². The van der Waals surface area contributed by atoms with Crippen LogP contribution in [0.4, 0.5) is 5.69 Å². The molecule has 0 fully saturated rings. The maximum atomic E-state index is 10.7. The second kappa shape index (κ2) is 3.30. The summed E-state index contributed by atoms with van der Waals surface area (Å²) >= 11 is 5.54. The van der Waals surface area contributed by atoms with Crippen molar-refractivity contribution in [3.63, 3.8) is 0 Å². The first-order valence-electron chi connectivity index (χ1n) is 2.93. The lowest BCUT2D eigenvalue weighted by atomic mass is 10.5. The highest BCUT2D eigenvalue weighted by molar-refractivity contribution is 6.36. The molecular weight excluding hydrogens is 166 g/mol. The van der Waals surface area contributed by atoms with Gasteiger partial charge in [-0.05, 0) is 0 Å². The van der Waals surface area contributed by atoms with Crippen LogP contribution < -0.4 is 4.42 Å². The second-order valence-electron chi connectivity index (χ2n) is 1.90. The molecule has 1 rings (SSSR count). The summed E-state index contributed by atoms with van der Waals surface area (Å²) in [5.74, 6) is -0.263. The lowest BCUT2D eigenvalue weighted by Gasteiger charge is -2.08. The van der Waals surface area contributed by atoms with Gasteiger partial charge in [0.2, 0.25) is 5.91 Å². The van der Waals surface area contributed by atoms with Crippen molar-refractivity contribution < 1.29 is 4.79 Å². The maximum Gasteiger partial charge on any atom is 0.238 e. The normalized spacial score (nSPS) is 9.27. The molecule has 1 aromatic rings. The number of halogens is 1. The van der Waals surface area contributed by atoms with Crippen molar-refractivity contribution in [2.75, 3.05) is 4.42 Å². The van der Waals surface area contributed by atoms with E-state index in [0.717, 1.165) is 4.42 Å². The van der Waals surface area contributed by atoms with Gasteiger partial charge in [0, 0.05) is 18.7 Å². The summed E-state index contributed by atoms with van der Waals surface area (Å²) in [6, 6.07) is 0. The fourth-order valence-corrected chi connectivity index (χ4v) is 0.662. The van der Waals surface area contributed by atoms with E-state index in [1.54, 1.807) is 0 Å². The third kappa shape index (κ3) is 1.88. The van der Waals surface area contributed by atoms with Crippen LogP contribution in [0.2, 0.25) is 0 Å². The Morgan fingerprint density at radius 1 is 1.55 bits per heavy atom. The summed E-state index contributed by atoms with van der Waals surface area (Å²) in [4.78, 5) is 18.1. The van der Waals surface area contributed by atoms with Gasteiger partial charge >= 0.3 is 0 Å². The third-order valence-corrected chi connectivity index (χ3v) is 1.48. The van der Waals surface area contributed by atoms with Crippen molar-refractivity contribution >= 4 is 23.4 Å². The zero-order valence-electron chi connectivity index (χ0n) is 5.86. The molecule has 0 atom stereocenters. The van der Waals surface area contributed by atoms with E-state index in [-0.39, 0.29) is 5.91 Å². The van der Waals surface area contributed by atoms with Crippen molar-refractivity contribution in [2.45, 2.75) is 6.92 Å². The molecule has 0 saturated carbocycles. The summed E-state index contributed by atoms with van der Waals surface area (Å²) < 4.78 is 0.958. The van der Waals surface area contributed by atoms with Gasteiger partial charge < -0.3 is 0 Å². The van der Waals surface area contributed by atoms with Crippen LogP contribution in [-0.4, -0.2) is 15.9 Å². The first-order valence-corrected chi connectivity index (χ1v) is 3.27. The number of nitrogens with zero attached hydrogens (tertiary/aromatic N) is 3. The molecular formula is C6H6ClN3O. The average Bonchev–Trinajstić information content (AvgIpc) is 2.05. The Kier molecular flexibility index (Phi) is 2.38. The topological polar surface area (TPSA) is 46.1 Å². The van der Waals surface area contributed by atoms with Crippen LogP contribution >= 0.6 is 11.8 Å². The van der Waals surface area contributed by atoms with E-state index >= 15 is 0 Å². The van der Waals surface area contributed by atoms with Gasteiger partial charge in [0.05, 0.1) is 18.1 Å². The number of carbonyl (C=O) groups is 1. The van der Waals surface area contributed by atoms with Crippen LogP contribution in [0.5, 0.6) is 0 Å². The monoisotopic (exact) mass is 171 g/mol. The number of carbonyl (C=O) groups excluding carboxylic acids is 1. The van der Waals surface area contributed by atoms with E-state index in [1.165, 1.54) is 25.6 Å². The first kappa shape index (κ1) is 7.94. The van der Waals surface area contributed by atoms with Crippen molar-refractivity contribution in [3.05, 3.63) is 18.7 Å². The zero-order chi connectivity index (χ0) is 8.27. The molecule has 1 amide bonds. The minimum atomic E-state index is -0.263. The minimum Gasteiger partial charge on any atom is -0.274 e. The van der Waals surface area contributed by atoms with E-state index in [1.807, 2.05) is 0 Å². The highest BCUT2D eigenvalue weighted by Gasteiger charge is 2.06. The molecule has 1 aromatic heterocycles. The molecule has 0 N–H and O–H groups in total. The first-order chi connectivity index (χ1) is 5.22. The molecule has 0 aliphatic rings. The smallest absolute Gasteiger partial charge is 0.238 e. The van der Waals surface area contributed by atoms with E-state index in [4.69, 9.17) is 11.8 Å². The SMILES string of the molecule is CC(=O)N(Cl)c1cncnc1. The molecule has 0 aliphatic carbocycles. The Hall–Kier alpha value is -1.16. The van der Waals surface area contributed by atoms with Gasteiger partial charge in [-0.2, -0.15) is 0 Å². The average molecular weight is 172 g/mol. The van der Waals surface area contributed by atoms with Crippen LogP contribution in [0.1, 0.15) is 6.92 Å². The number of hydrogen-bond donors (Lipinski definition) is 0. The number of anilines is 1. The van der Waals surface area contributed by atoms with Crippen molar-refractivity contribution in [1.82, 2.24) is 9.97 Å². The maximum absolute atomic E-state index is 10.7. The van der Waals surface area contributed by atoms with Crippen LogP contribution in [0.15, 0.2) is 18.7 Å². The molecule has 0 aliphatic heterocycles. The Morgan fingerprint density at radius 3 is 2.55 bits per heavy atom. The largest absolute Gasteiger partial charge is 0.274 e. The second-order valence-corrected chi connectivity index (χ2v) is 2.23. The fourth-order valence-electron chi connectivity index (χ4n) is 0.574. The Morgan fingerprint density at radius 2 is 2.09 bits per heavy atom. The molecule has 0 bridgehead atoms. The summed E-state index contributed by atoms with van der Waals surface area (Å²) in [5, 5.41) is 0. The lowest BCUT2D eigenvalue weighted by Crippen LogP contribution is -2.16. The molecule has 0 unspecified atom stereocenters. The minimum absolute atomic E-state index is 0.263. The number of rotatable bonds is 1. The van der Waals surface area contributed by atoms with Crippen LogP contribution in [0.25, 0.3) is 0 Å². The molecule has 4 nitrogen and oxygen atoms in total. The lowest BCUT2D eigenvalue weighted by molar-refractivity contribution is -0.115. The quantitative estimate of drug-likeness (QED) is 0.592. The summed E-state index contributed by atoms with van der Waals surface area (Å²) in [6.07, 6.45) is 4.29. The summed E-state index contributed by atoms with van der Waals surface area (Å²) in [6.45, 7) is 1.36. The van der Waals surface area contributed by atoms with Gasteiger partial charge in [-0.25, -0.2) is 14.4 Å². The third-order valence-electron chi connectivity index (χ3n) is 1.05. The van der Waals surface area contributed by atoms with Gasteiger partial charge in [0.25, 0.3) is 0 Å². The van der Waals surface area contributed by atoms with Crippen molar-refractivity contribution in [3.8, 4) is 0 Å². The molecule has 1 heterocycles. The molecule has 5 heteroatoms. The van der Waals surface area contributed by atoms with Gasteiger partial charge in [-0.3, -0.25) is 4.79 Å². The van der Waals surface area contributed by atoms with Crippen molar-refractivity contribution in [1.29, 1.82) is 0 Å². The summed E-state index contributed by atoms with van der Waals surface area (Å²) in [7, 11) is 0. The standard InChI is InChI=1S/C6H6ClN3O/c1-5(11)10(7)6-2-8-4-9-3-6/h2-4H,1H3. The predicted molar refractivity (Wildman–Crippen MR) is 41.0 cm³/mol. The van der Waals surface area contributed by atoms with Crippen LogP contribution in [0.3, 0.4) is 0 Å². The highest BCUT2D eigenvalue weighted by Crippen LogP contribution is 2.12. The molecule has 11 heavy (non-hydrogen) atoms. The fraction of sp³-hybridized carbons (Fsp3) is 0.167. The van der Waals surface area contributed by atoms with Crippen LogP contribution in [0, 0.1) is 0 Å². The van der Waals surface area contributed by atoms with Gasteiger partial charge in [-0.15, -0.1) is 0 Å². The zero-order valence-corrected chi connectivity index (χ0v) is 6.62. The number of aromatic nitrogens is 2. The Balaban J connectivity index is 2.85. The molecule has 58 valence electrons. The Bertz CT molecular complexity index is 251. The van der Waals surface area contributed by atoms with Gasteiger partial charge in [0.1, 0.15) is 6.33 Å². The molecule has 0 radical (unpaired) electrons. The predicted octanol–water partition coefficient (Wildman–Crippen LogP) is 0.983. The number of hydrogen-bond acceptors (Lipinski definition) is 3. The van der Waals surface area contributed by atoms with Crippen molar-refractivity contribution in [2.24, 2.45) is 0 Å². The van der Waals surface area contributed by atoms with Crippen LogP contribution in [-0.2, 0) is 4.79 Å². The van der Waals surface area contributed by atoms with E-state index in [2.05, 4.69) is 9.97 Å².